The summed E-state index contributed by atoms with van der Waals surface area (Å²) < 4.78 is 18.9. The summed E-state index contributed by atoms with van der Waals surface area (Å²) in [7, 11) is 0. The van der Waals surface area contributed by atoms with Gasteiger partial charge in [-0.3, -0.25) is 14.8 Å². The van der Waals surface area contributed by atoms with Crippen LogP contribution in [0.25, 0.3) is 22.2 Å². The van der Waals surface area contributed by atoms with E-state index >= 15 is 0 Å². The summed E-state index contributed by atoms with van der Waals surface area (Å²) in [5.74, 6) is -0.447. The second kappa shape index (κ2) is 7.85. The molecular formula is C20H21FN4O2. The van der Waals surface area contributed by atoms with E-state index in [1.807, 2.05) is 6.07 Å². The van der Waals surface area contributed by atoms with Crippen LogP contribution in [-0.4, -0.2) is 60.4 Å². The lowest BCUT2D eigenvalue weighted by Crippen LogP contribution is -2.41. The van der Waals surface area contributed by atoms with E-state index in [2.05, 4.69) is 20.4 Å². The van der Waals surface area contributed by atoms with Gasteiger partial charge >= 0.3 is 0 Å². The molecule has 2 heterocycles. The number of hydrogen-bond donors (Lipinski definition) is 2. The Morgan fingerprint density at radius 3 is 2.89 bits per heavy atom. The first-order valence-electron chi connectivity index (χ1n) is 9.03. The molecule has 1 saturated heterocycles. The zero-order valence-corrected chi connectivity index (χ0v) is 14.9. The van der Waals surface area contributed by atoms with Gasteiger partial charge in [0.05, 0.1) is 18.7 Å². The number of amides is 1. The zero-order valence-electron chi connectivity index (χ0n) is 14.9. The highest BCUT2D eigenvalue weighted by atomic mass is 19.1. The number of nitrogens with zero attached hydrogens (tertiary/aromatic N) is 2. The molecule has 1 aliphatic heterocycles. The highest BCUT2D eigenvalue weighted by molar-refractivity contribution is 6.01. The molecule has 0 radical (unpaired) electrons. The highest BCUT2D eigenvalue weighted by Crippen LogP contribution is 2.27. The number of halogens is 1. The van der Waals surface area contributed by atoms with E-state index in [0.29, 0.717) is 23.4 Å². The molecule has 7 heteroatoms. The molecule has 0 spiro atoms. The van der Waals surface area contributed by atoms with E-state index in [-0.39, 0.29) is 11.7 Å². The Hall–Kier alpha value is -2.77. The van der Waals surface area contributed by atoms with Crippen molar-refractivity contribution in [1.82, 2.24) is 20.4 Å². The van der Waals surface area contributed by atoms with Crippen LogP contribution in [0.2, 0.25) is 0 Å². The van der Waals surface area contributed by atoms with E-state index in [9.17, 15) is 9.18 Å². The molecule has 0 bridgehead atoms. The standard InChI is InChI=1S/C20H21FN4O2/c21-16-3-1-2-14(12-16)19-17-13-15(4-5-18(17)23-24-19)20(26)22-6-7-25-8-10-27-11-9-25/h1-5,12-13H,6-11H2,(H,22,26)(H,23,24). The first-order valence-corrected chi connectivity index (χ1v) is 9.03. The maximum absolute atomic E-state index is 13.5. The summed E-state index contributed by atoms with van der Waals surface area (Å²) in [6, 6.07) is 11.7. The Kier molecular flexibility index (Phi) is 5.13. The lowest BCUT2D eigenvalue weighted by molar-refractivity contribution is 0.0383. The number of morpholine rings is 1. The minimum Gasteiger partial charge on any atom is -0.379 e. The van der Waals surface area contributed by atoms with E-state index in [0.717, 1.165) is 43.8 Å². The van der Waals surface area contributed by atoms with Gasteiger partial charge in [-0.05, 0) is 30.3 Å². The van der Waals surface area contributed by atoms with Crippen molar-refractivity contribution in [3.63, 3.8) is 0 Å². The minimum absolute atomic E-state index is 0.128. The van der Waals surface area contributed by atoms with Crippen LogP contribution in [0.4, 0.5) is 4.39 Å². The molecule has 1 fully saturated rings. The number of fused-ring (bicyclic) bond motifs is 1. The van der Waals surface area contributed by atoms with Gasteiger partial charge in [-0.25, -0.2) is 4.39 Å². The van der Waals surface area contributed by atoms with Gasteiger partial charge in [-0.2, -0.15) is 5.10 Å². The summed E-state index contributed by atoms with van der Waals surface area (Å²) in [6.45, 7) is 4.67. The van der Waals surface area contributed by atoms with Crippen molar-refractivity contribution in [2.45, 2.75) is 0 Å². The lowest BCUT2D eigenvalue weighted by atomic mass is 10.1. The number of nitrogens with one attached hydrogen (secondary N) is 2. The molecule has 1 aromatic heterocycles. The molecule has 0 atom stereocenters. The fourth-order valence-corrected chi connectivity index (χ4v) is 3.27. The summed E-state index contributed by atoms with van der Waals surface area (Å²) in [6.07, 6.45) is 0. The van der Waals surface area contributed by atoms with E-state index in [4.69, 9.17) is 4.74 Å². The van der Waals surface area contributed by atoms with Crippen molar-refractivity contribution in [2.24, 2.45) is 0 Å². The number of carbonyl (C=O) groups excluding carboxylic acids is 1. The average Bonchev–Trinajstić information content (AvgIpc) is 3.12. The number of hydrogen-bond acceptors (Lipinski definition) is 4. The Morgan fingerprint density at radius 1 is 1.22 bits per heavy atom. The van der Waals surface area contributed by atoms with Crippen molar-refractivity contribution >= 4 is 16.8 Å². The van der Waals surface area contributed by atoms with Gasteiger partial charge < -0.3 is 10.1 Å². The third kappa shape index (κ3) is 3.99. The average molecular weight is 368 g/mol. The van der Waals surface area contributed by atoms with Crippen LogP contribution in [0.5, 0.6) is 0 Å². The fourth-order valence-electron chi connectivity index (χ4n) is 3.27. The third-order valence-electron chi connectivity index (χ3n) is 4.74. The number of aromatic amines is 1. The van der Waals surface area contributed by atoms with Crippen molar-refractivity contribution in [2.75, 3.05) is 39.4 Å². The SMILES string of the molecule is O=C(NCCN1CCOCC1)c1ccc2[nH]nc(-c3cccc(F)c3)c2c1. The summed E-state index contributed by atoms with van der Waals surface area (Å²) in [5, 5.41) is 11.0. The second-order valence-electron chi connectivity index (χ2n) is 6.55. The monoisotopic (exact) mass is 368 g/mol. The third-order valence-corrected chi connectivity index (χ3v) is 4.74. The second-order valence-corrected chi connectivity index (χ2v) is 6.55. The lowest BCUT2D eigenvalue weighted by Gasteiger charge is -2.26. The van der Waals surface area contributed by atoms with Crippen LogP contribution >= 0.6 is 0 Å². The maximum Gasteiger partial charge on any atom is 0.251 e. The predicted molar refractivity (Wildman–Crippen MR) is 101 cm³/mol. The number of rotatable bonds is 5. The van der Waals surface area contributed by atoms with Gasteiger partial charge in [-0.15, -0.1) is 0 Å². The molecule has 0 saturated carbocycles. The smallest absolute Gasteiger partial charge is 0.251 e. The quantitative estimate of drug-likeness (QED) is 0.726. The normalized spacial score (nSPS) is 15.1. The molecule has 2 N–H and O–H groups in total. The molecule has 27 heavy (non-hydrogen) atoms. The maximum atomic E-state index is 13.5. The van der Waals surface area contributed by atoms with Gasteiger partial charge in [0.2, 0.25) is 0 Å². The van der Waals surface area contributed by atoms with Crippen molar-refractivity contribution < 1.29 is 13.9 Å². The van der Waals surface area contributed by atoms with Crippen LogP contribution in [0.1, 0.15) is 10.4 Å². The molecule has 0 aliphatic carbocycles. The molecular weight excluding hydrogens is 347 g/mol. The molecule has 1 aliphatic rings. The van der Waals surface area contributed by atoms with Gasteiger partial charge in [0.15, 0.2) is 0 Å². The van der Waals surface area contributed by atoms with Crippen LogP contribution in [0.3, 0.4) is 0 Å². The van der Waals surface area contributed by atoms with E-state index in [1.165, 1.54) is 12.1 Å². The molecule has 6 nitrogen and oxygen atoms in total. The minimum atomic E-state index is -0.319. The van der Waals surface area contributed by atoms with Gasteiger partial charge in [0.1, 0.15) is 11.5 Å². The van der Waals surface area contributed by atoms with Crippen molar-refractivity contribution in [3.8, 4) is 11.3 Å². The number of H-pyrrole nitrogens is 1. The van der Waals surface area contributed by atoms with Gasteiger partial charge in [0, 0.05) is 42.7 Å². The van der Waals surface area contributed by atoms with Crippen LogP contribution in [0, 0.1) is 5.82 Å². The zero-order chi connectivity index (χ0) is 18.6. The van der Waals surface area contributed by atoms with Gasteiger partial charge in [-0.1, -0.05) is 12.1 Å². The van der Waals surface area contributed by atoms with Crippen LogP contribution in [0.15, 0.2) is 42.5 Å². The Bertz CT molecular complexity index is 950. The predicted octanol–water partition coefficient (Wildman–Crippen LogP) is 2.43. The summed E-state index contributed by atoms with van der Waals surface area (Å²) >= 11 is 0. The summed E-state index contributed by atoms with van der Waals surface area (Å²) in [5.41, 5.74) is 2.67. The Morgan fingerprint density at radius 2 is 2.07 bits per heavy atom. The number of carbonyl (C=O) groups is 1. The molecule has 2 aromatic carbocycles. The highest BCUT2D eigenvalue weighted by Gasteiger charge is 2.14. The first kappa shape index (κ1) is 17.6. The Balaban J connectivity index is 1.48. The molecule has 0 unspecified atom stereocenters. The van der Waals surface area contributed by atoms with E-state index < -0.39 is 0 Å². The topological polar surface area (TPSA) is 70.2 Å². The molecule has 1 amide bonds. The van der Waals surface area contributed by atoms with Gasteiger partial charge in [0.25, 0.3) is 5.91 Å². The fraction of sp³-hybridized carbons (Fsp3) is 0.300. The number of ether oxygens (including phenoxy) is 1. The number of aromatic nitrogens is 2. The largest absolute Gasteiger partial charge is 0.379 e. The molecule has 140 valence electrons. The first-order chi connectivity index (χ1) is 13.2. The number of benzene rings is 2. The van der Waals surface area contributed by atoms with Crippen LogP contribution in [-0.2, 0) is 4.74 Å². The molecule has 3 aromatic rings. The van der Waals surface area contributed by atoms with Crippen molar-refractivity contribution in [1.29, 1.82) is 0 Å². The van der Waals surface area contributed by atoms with E-state index in [1.54, 1.807) is 24.3 Å². The van der Waals surface area contributed by atoms with Crippen molar-refractivity contribution in [3.05, 3.63) is 53.8 Å². The Labute approximate surface area is 156 Å². The summed E-state index contributed by atoms with van der Waals surface area (Å²) in [4.78, 5) is 14.8. The molecule has 4 rings (SSSR count). The van der Waals surface area contributed by atoms with Crippen LogP contribution < -0.4 is 5.32 Å².